The molecule has 0 radical (unpaired) electrons. The van der Waals surface area contributed by atoms with E-state index >= 15 is 0 Å². The lowest BCUT2D eigenvalue weighted by molar-refractivity contribution is -0.142. The van der Waals surface area contributed by atoms with Crippen LogP contribution in [0.5, 0.6) is 0 Å². The molecule has 0 aromatic heterocycles. The lowest BCUT2D eigenvalue weighted by Crippen LogP contribution is -2.57. The van der Waals surface area contributed by atoms with Crippen molar-refractivity contribution in [1.29, 1.82) is 0 Å². The van der Waals surface area contributed by atoms with Gasteiger partial charge in [-0.15, -0.1) is 0 Å². The molecule has 8 nitrogen and oxygen atoms in total. The molecule has 0 fully saturated rings. The molecule has 4 atom stereocenters. The quantitative estimate of drug-likeness (QED) is 0.346. The first-order chi connectivity index (χ1) is 12.8. The fourth-order valence-corrected chi connectivity index (χ4v) is 2.78. The highest BCUT2D eigenvalue weighted by atomic mass is 32.2. The summed E-state index contributed by atoms with van der Waals surface area (Å²) in [7, 11) is 0. The van der Waals surface area contributed by atoms with E-state index in [9.17, 15) is 24.6 Å². The number of carbonyl (C=O) groups excluding carboxylic acids is 2. The van der Waals surface area contributed by atoms with Crippen LogP contribution in [0.25, 0.3) is 0 Å². The Morgan fingerprint density at radius 2 is 1.70 bits per heavy atom. The van der Waals surface area contributed by atoms with E-state index in [1.165, 1.54) is 18.7 Å². The van der Waals surface area contributed by atoms with Crippen molar-refractivity contribution < 1.29 is 24.6 Å². The molecule has 0 aliphatic heterocycles. The van der Waals surface area contributed by atoms with Gasteiger partial charge in [0.25, 0.3) is 0 Å². The highest BCUT2D eigenvalue weighted by molar-refractivity contribution is 7.98. The molecule has 9 heteroatoms. The first kappa shape index (κ1) is 22.9. The van der Waals surface area contributed by atoms with Crippen molar-refractivity contribution in [3.05, 3.63) is 35.9 Å². The Morgan fingerprint density at radius 1 is 1.11 bits per heavy atom. The maximum absolute atomic E-state index is 12.7. The highest BCUT2D eigenvalue weighted by Gasteiger charge is 2.29. The molecule has 2 amide bonds. The number of amides is 2. The summed E-state index contributed by atoms with van der Waals surface area (Å²) in [5.41, 5.74) is 6.42. The number of nitrogens with one attached hydrogen (secondary N) is 2. The van der Waals surface area contributed by atoms with Crippen LogP contribution in [0.15, 0.2) is 30.3 Å². The van der Waals surface area contributed by atoms with E-state index in [2.05, 4.69) is 10.6 Å². The van der Waals surface area contributed by atoms with Crippen LogP contribution in [0.1, 0.15) is 18.9 Å². The molecular formula is C18H27N3O5S. The molecule has 4 unspecified atom stereocenters. The number of hydrogen-bond donors (Lipinski definition) is 5. The van der Waals surface area contributed by atoms with Gasteiger partial charge in [-0.25, -0.2) is 4.79 Å². The van der Waals surface area contributed by atoms with E-state index in [1.807, 2.05) is 12.3 Å². The number of aliphatic hydroxyl groups is 1. The van der Waals surface area contributed by atoms with Gasteiger partial charge in [0.05, 0.1) is 6.10 Å². The molecule has 0 aliphatic rings. The normalized spacial score (nSPS) is 15.3. The smallest absolute Gasteiger partial charge is 0.326 e. The third kappa shape index (κ3) is 7.98. The van der Waals surface area contributed by atoms with Crippen LogP contribution in [-0.4, -0.2) is 64.2 Å². The Bertz CT molecular complexity index is 627. The summed E-state index contributed by atoms with van der Waals surface area (Å²) in [4.78, 5) is 36.2. The third-order valence-electron chi connectivity index (χ3n) is 3.96. The molecule has 1 rings (SSSR count). The largest absolute Gasteiger partial charge is 0.480 e. The zero-order chi connectivity index (χ0) is 20.4. The molecule has 27 heavy (non-hydrogen) atoms. The SMILES string of the molecule is CSCCC(NC(=O)C(Cc1ccccc1)NC(=O)C(N)C(C)O)C(=O)O. The average Bonchev–Trinajstić information content (AvgIpc) is 2.64. The summed E-state index contributed by atoms with van der Waals surface area (Å²) in [6, 6.07) is 5.75. The summed E-state index contributed by atoms with van der Waals surface area (Å²) in [6.07, 6.45) is 1.19. The van der Waals surface area contributed by atoms with Crippen LogP contribution in [0, 0.1) is 0 Å². The van der Waals surface area contributed by atoms with E-state index in [1.54, 1.807) is 24.3 Å². The molecule has 150 valence electrons. The van der Waals surface area contributed by atoms with E-state index in [0.29, 0.717) is 5.75 Å². The highest BCUT2D eigenvalue weighted by Crippen LogP contribution is 2.06. The summed E-state index contributed by atoms with van der Waals surface area (Å²) in [6.45, 7) is 1.37. The summed E-state index contributed by atoms with van der Waals surface area (Å²) >= 11 is 1.47. The van der Waals surface area contributed by atoms with Gasteiger partial charge in [-0.3, -0.25) is 9.59 Å². The monoisotopic (exact) mass is 397 g/mol. The Kier molecular flexibility index (Phi) is 9.84. The van der Waals surface area contributed by atoms with Crippen LogP contribution in [0.4, 0.5) is 0 Å². The number of carbonyl (C=O) groups is 3. The molecule has 1 aromatic carbocycles. The molecular weight excluding hydrogens is 370 g/mol. The van der Waals surface area contributed by atoms with Gasteiger partial charge in [0.2, 0.25) is 11.8 Å². The van der Waals surface area contributed by atoms with Crippen molar-refractivity contribution in [1.82, 2.24) is 10.6 Å². The van der Waals surface area contributed by atoms with Gasteiger partial charge < -0.3 is 26.6 Å². The summed E-state index contributed by atoms with van der Waals surface area (Å²) in [5, 5.41) is 23.8. The topological polar surface area (TPSA) is 142 Å². The molecule has 0 bridgehead atoms. The Labute approximate surface area is 162 Å². The molecule has 0 heterocycles. The van der Waals surface area contributed by atoms with Crippen LogP contribution >= 0.6 is 11.8 Å². The lowest BCUT2D eigenvalue weighted by Gasteiger charge is -2.23. The number of benzene rings is 1. The fraction of sp³-hybridized carbons (Fsp3) is 0.500. The second kappa shape index (κ2) is 11.6. The van der Waals surface area contributed by atoms with Crippen LogP contribution in [0.2, 0.25) is 0 Å². The minimum atomic E-state index is -1.19. The number of aliphatic hydroxyl groups excluding tert-OH is 1. The molecule has 1 aromatic rings. The second-order valence-electron chi connectivity index (χ2n) is 6.20. The van der Waals surface area contributed by atoms with Gasteiger partial charge in [-0.2, -0.15) is 11.8 Å². The van der Waals surface area contributed by atoms with Gasteiger partial charge in [0.15, 0.2) is 0 Å². The van der Waals surface area contributed by atoms with Crippen molar-refractivity contribution in [2.24, 2.45) is 5.73 Å². The number of carboxylic acid groups (broad SMARTS) is 1. The fourth-order valence-electron chi connectivity index (χ4n) is 2.31. The van der Waals surface area contributed by atoms with Crippen molar-refractivity contribution in [3.63, 3.8) is 0 Å². The predicted octanol–water partition coefficient (Wildman–Crippen LogP) is -0.255. The molecule has 6 N–H and O–H groups in total. The second-order valence-corrected chi connectivity index (χ2v) is 7.18. The number of thioether (sulfide) groups is 1. The molecule has 0 saturated heterocycles. The van der Waals surface area contributed by atoms with Crippen LogP contribution in [0.3, 0.4) is 0 Å². The number of nitrogens with two attached hydrogens (primary N) is 1. The third-order valence-corrected chi connectivity index (χ3v) is 4.61. The Morgan fingerprint density at radius 3 is 2.22 bits per heavy atom. The van der Waals surface area contributed by atoms with Crippen LogP contribution in [-0.2, 0) is 20.8 Å². The van der Waals surface area contributed by atoms with Gasteiger partial charge in [-0.05, 0) is 30.9 Å². The number of carboxylic acids is 1. The number of aliphatic carboxylic acids is 1. The standard InChI is InChI=1S/C18H27N3O5S/c1-11(22)15(19)17(24)21-14(10-12-6-4-3-5-7-12)16(23)20-13(18(25)26)8-9-27-2/h3-7,11,13-15,22H,8-10,19H2,1-2H3,(H,20,23)(H,21,24)(H,25,26). The van der Waals surface area contributed by atoms with Crippen molar-refractivity contribution in [2.45, 2.75) is 44.0 Å². The Balaban J connectivity index is 2.92. The number of hydrogen-bond acceptors (Lipinski definition) is 6. The first-order valence-electron chi connectivity index (χ1n) is 8.56. The van der Waals surface area contributed by atoms with Gasteiger partial charge in [0, 0.05) is 6.42 Å². The van der Waals surface area contributed by atoms with E-state index < -0.39 is 42.0 Å². The van der Waals surface area contributed by atoms with Crippen molar-refractivity contribution in [2.75, 3.05) is 12.0 Å². The number of rotatable bonds is 11. The van der Waals surface area contributed by atoms with Crippen molar-refractivity contribution in [3.8, 4) is 0 Å². The lowest BCUT2D eigenvalue weighted by atomic mass is 10.0. The van der Waals surface area contributed by atoms with Gasteiger partial charge in [0.1, 0.15) is 18.1 Å². The Hall–Kier alpha value is -2.10. The summed E-state index contributed by atoms with van der Waals surface area (Å²) in [5.74, 6) is -1.86. The minimum Gasteiger partial charge on any atom is -0.480 e. The van der Waals surface area contributed by atoms with Gasteiger partial charge in [-0.1, -0.05) is 30.3 Å². The first-order valence-corrected chi connectivity index (χ1v) is 9.95. The van der Waals surface area contributed by atoms with E-state index in [4.69, 9.17) is 5.73 Å². The molecule has 0 saturated carbocycles. The van der Waals surface area contributed by atoms with Gasteiger partial charge >= 0.3 is 5.97 Å². The predicted molar refractivity (Wildman–Crippen MR) is 104 cm³/mol. The average molecular weight is 397 g/mol. The van der Waals surface area contributed by atoms with E-state index in [-0.39, 0.29) is 12.8 Å². The maximum Gasteiger partial charge on any atom is 0.326 e. The maximum atomic E-state index is 12.7. The van der Waals surface area contributed by atoms with Crippen molar-refractivity contribution >= 4 is 29.5 Å². The van der Waals surface area contributed by atoms with Crippen LogP contribution < -0.4 is 16.4 Å². The summed E-state index contributed by atoms with van der Waals surface area (Å²) < 4.78 is 0. The molecule has 0 aliphatic carbocycles. The zero-order valence-corrected chi connectivity index (χ0v) is 16.2. The molecule has 0 spiro atoms. The minimum absolute atomic E-state index is 0.166. The van der Waals surface area contributed by atoms with E-state index in [0.717, 1.165) is 5.56 Å². The zero-order valence-electron chi connectivity index (χ0n) is 15.4.